The number of fused-ring (bicyclic) bond motifs is 2. The van der Waals surface area contributed by atoms with E-state index in [0.717, 1.165) is 4.68 Å². The molecule has 0 fully saturated rings. The molecule has 0 unspecified atom stereocenters. The molecule has 0 radical (unpaired) electrons. The van der Waals surface area contributed by atoms with E-state index in [4.69, 9.17) is 9.47 Å². The number of carbonyl (C=O) groups excluding carboxylic acids is 3. The minimum atomic E-state index is -0.855. The Balaban J connectivity index is 1.90. The molecule has 4 rings (SSSR count). The van der Waals surface area contributed by atoms with Gasteiger partial charge in [-0.2, -0.15) is 9.78 Å². The smallest absolute Gasteiger partial charge is 0.435 e. The van der Waals surface area contributed by atoms with E-state index in [-0.39, 0.29) is 27.9 Å². The highest BCUT2D eigenvalue weighted by Crippen LogP contribution is 2.38. The summed E-state index contributed by atoms with van der Waals surface area (Å²) in [6.07, 6.45) is -0.753. The normalized spacial score (nSPS) is 15.4. The van der Waals surface area contributed by atoms with E-state index >= 15 is 4.39 Å². The molecule has 10 nitrogen and oxygen atoms in total. The zero-order chi connectivity index (χ0) is 28.4. The van der Waals surface area contributed by atoms with Crippen molar-refractivity contribution < 1.29 is 28.2 Å². The molecule has 1 amide bonds. The zero-order valence-electron chi connectivity index (χ0n) is 23.3. The molecule has 3 aromatic rings. The summed E-state index contributed by atoms with van der Waals surface area (Å²) < 4.78 is 29.0. The molecule has 11 heteroatoms. The molecule has 0 atom stereocenters. The summed E-state index contributed by atoms with van der Waals surface area (Å²) in [6, 6.07) is 2.77. The van der Waals surface area contributed by atoms with Crippen LogP contribution in [-0.2, 0) is 15.9 Å². The number of aryl methyl sites for hydroxylation is 1. The second-order valence-corrected chi connectivity index (χ2v) is 12.4. The van der Waals surface area contributed by atoms with Gasteiger partial charge in [0.05, 0.1) is 33.5 Å². The summed E-state index contributed by atoms with van der Waals surface area (Å²) in [5.74, 6) is -0.954. The lowest BCUT2D eigenvalue weighted by Crippen LogP contribution is -2.28. The monoisotopic (exact) mass is 527 g/mol. The molecule has 0 bridgehead atoms. The highest BCUT2D eigenvalue weighted by atomic mass is 19.1. The maximum Gasteiger partial charge on any atom is 0.435 e. The van der Waals surface area contributed by atoms with Crippen molar-refractivity contribution in [1.82, 2.24) is 19.6 Å². The third-order valence-corrected chi connectivity index (χ3v) is 5.87. The number of hydrogen-bond donors (Lipinski definition) is 1. The van der Waals surface area contributed by atoms with Crippen molar-refractivity contribution in [3.8, 4) is 5.69 Å². The standard InChI is InChI=1S/C27H34FN5O5/c1-14-20-18(12-27(8,9)13-19(20)34)32(30-14)15-10-16(28)21-17(11-15)33(24(36)38-26(5,6)7)31-22(21)29-23(35)37-25(2,3)4/h10-11H,12-13H2,1-9H3,(H,29,31,35). The van der Waals surface area contributed by atoms with Crippen molar-refractivity contribution in [2.24, 2.45) is 5.41 Å². The number of anilines is 1. The molecule has 0 aliphatic heterocycles. The van der Waals surface area contributed by atoms with Crippen molar-refractivity contribution >= 4 is 34.7 Å². The average molecular weight is 528 g/mol. The Hall–Kier alpha value is -3.76. The fraction of sp³-hybridized carbons (Fsp3) is 0.519. The summed E-state index contributed by atoms with van der Waals surface area (Å²) >= 11 is 0. The molecule has 1 aliphatic rings. The number of ether oxygens (including phenoxy) is 2. The maximum absolute atomic E-state index is 15.8. The van der Waals surface area contributed by atoms with Gasteiger partial charge in [0.15, 0.2) is 11.6 Å². The third kappa shape index (κ3) is 5.41. The highest BCUT2D eigenvalue weighted by molar-refractivity contribution is 6.02. The number of halogens is 1. The molecule has 1 aromatic carbocycles. The van der Waals surface area contributed by atoms with Gasteiger partial charge in [0.1, 0.15) is 17.0 Å². The fourth-order valence-electron chi connectivity index (χ4n) is 4.59. The van der Waals surface area contributed by atoms with Crippen LogP contribution in [0, 0.1) is 18.2 Å². The van der Waals surface area contributed by atoms with Crippen LogP contribution >= 0.6 is 0 Å². The van der Waals surface area contributed by atoms with E-state index < -0.39 is 29.2 Å². The molecule has 2 aromatic heterocycles. The molecule has 0 spiro atoms. The Bertz CT molecular complexity index is 1470. The van der Waals surface area contributed by atoms with E-state index in [0.29, 0.717) is 35.5 Å². The van der Waals surface area contributed by atoms with Crippen LogP contribution in [0.15, 0.2) is 12.1 Å². The van der Waals surface area contributed by atoms with Gasteiger partial charge in [0, 0.05) is 12.5 Å². The number of amides is 1. The van der Waals surface area contributed by atoms with Crippen LogP contribution in [0.3, 0.4) is 0 Å². The van der Waals surface area contributed by atoms with Gasteiger partial charge < -0.3 is 9.47 Å². The van der Waals surface area contributed by atoms with Gasteiger partial charge in [-0.15, -0.1) is 5.10 Å². The fourth-order valence-corrected chi connectivity index (χ4v) is 4.59. The number of nitrogens with one attached hydrogen (secondary N) is 1. The first kappa shape index (κ1) is 27.3. The second kappa shape index (κ2) is 8.92. The van der Waals surface area contributed by atoms with Gasteiger partial charge in [-0.1, -0.05) is 13.8 Å². The molecule has 38 heavy (non-hydrogen) atoms. The number of benzene rings is 1. The van der Waals surface area contributed by atoms with Crippen LogP contribution in [0.2, 0.25) is 0 Å². The first-order valence-electron chi connectivity index (χ1n) is 12.4. The SMILES string of the molecule is Cc1nn(-c2cc(F)c3c(NC(=O)OC(C)(C)C)nn(C(=O)OC(C)(C)C)c3c2)c2c1C(=O)CC(C)(C)C2. The predicted octanol–water partition coefficient (Wildman–Crippen LogP) is 5.95. The highest BCUT2D eigenvalue weighted by Gasteiger charge is 2.36. The van der Waals surface area contributed by atoms with Crippen LogP contribution in [0.4, 0.5) is 19.8 Å². The van der Waals surface area contributed by atoms with Crippen molar-refractivity contribution in [2.45, 2.75) is 86.4 Å². The number of ketones is 1. The summed E-state index contributed by atoms with van der Waals surface area (Å²) in [5.41, 5.74) is 0.182. The average Bonchev–Trinajstić information content (AvgIpc) is 3.22. The van der Waals surface area contributed by atoms with Gasteiger partial charge in [0.2, 0.25) is 0 Å². The Labute approximate surface area is 220 Å². The number of Topliss-reactive ketones (excluding diaryl/α,β-unsaturated/α-hetero) is 1. The van der Waals surface area contributed by atoms with Gasteiger partial charge in [-0.25, -0.2) is 18.7 Å². The Morgan fingerprint density at radius 1 is 1.03 bits per heavy atom. The van der Waals surface area contributed by atoms with Crippen LogP contribution in [-0.4, -0.2) is 48.7 Å². The third-order valence-electron chi connectivity index (χ3n) is 5.87. The van der Waals surface area contributed by atoms with Crippen molar-refractivity contribution in [1.29, 1.82) is 0 Å². The Kier molecular flexibility index (Phi) is 6.40. The van der Waals surface area contributed by atoms with Crippen LogP contribution < -0.4 is 5.32 Å². The van der Waals surface area contributed by atoms with Gasteiger partial charge in [-0.05, 0) is 66.4 Å². The predicted molar refractivity (Wildman–Crippen MR) is 139 cm³/mol. The van der Waals surface area contributed by atoms with Crippen molar-refractivity contribution in [2.75, 3.05) is 5.32 Å². The summed E-state index contributed by atoms with van der Waals surface area (Å²) in [5, 5.41) is 11.1. The first-order valence-corrected chi connectivity index (χ1v) is 12.4. The Morgan fingerprint density at radius 3 is 2.26 bits per heavy atom. The number of nitrogens with zero attached hydrogens (tertiary/aromatic N) is 4. The lowest BCUT2D eigenvalue weighted by atomic mass is 9.75. The lowest BCUT2D eigenvalue weighted by molar-refractivity contribution is 0.0519. The van der Waals surface area contributed by atoms with Crippen molar-refractivity contribution in [3.05, 3.63) is 34.9 Å². The van der Waals surface area contributed by atoms with Gasteiger partial charge in [-0.3, -0.25) is 10.1 Å². The van der Waals surface area contributed by atoms with Crippen LogP contribution in [0.5, 0.6) is 0 Å². The lowest BCUT2D eigenvalue weighted by Gasteiger charge is -2.29. The molecule has 1 aliphatic carbocycles. The molecule has 1 N–H and O–H groups in total. The summed E-state index contributed by atoms with van der Waals surface area (Å²) in [6.45, 7) is 15.9. The number of aromatic nitrogens is 4. The largest absolute Gasteiger partial charge is 0.444 e. The van der Waals surface area contributed by atoms with E-state index in [2.05, 4.69) is 15.5 Å². The summed E-state index contributed by atoms with van der Waals surface area (Å²) in [4.78, 5) is 38.4. The van der Waals surface area contributed by atoms with Gasteiger partial charge >= 0.3 is 12.2 Å². The Morgan fingerprint density at radius 2 is 1.66 bits per heavy atom. The number of hydrogen-bond acceptors (Lipinski definition) is 7. The quantitative estimate of drug-likeness (QED) is 0.437. The number of carbonyl (C=O) groups is 3. The molecule has 2 heterocycles. The maximum atomic E-state index is 15.8. The summed E-state index contributed by atoms with van der Waals surface area (Å²) in [7, 11) is 0. The molecule has 204 valence electrons. The molecular weight excluding hydrogens is 493 g/mol. The minimum absolute atomic E-state index is 0.0100. The first-order chi connectivity index (χ1) is 17.3. The van der Waals surface area contributed by atoms with Crippen LogP contribution in [0.1, 0.15) is 83.6 Å². The van der Waals surface area contributed by atoms with E-state index in [9.17, 15) is 14.4 Å². The topological polar surface area (TPSA) is 117 Å². The zero-order valence-corrected chi connectivity index (χ0v) is 23.3. The van der Waals surface area contributed by atoms with E-state index in [1.807, 2.05) is 13.8 Å². The molecule has 0 saturated heterocycles. The molecule has 0 saturated carbocycles. The van der Waals surface area contributed by atoms with E-state index in [1.54, 1.807) is 53.1 Å². The second-order valence-electron chi connectivity index (χ2n) is 12.4. The van der Waals surface area contributed by atoms with Gasteiger partial charge in [0.25, 0.3) is 0 Å². The number of rotatable bonds is 2. The van der Waals surface area contributed by atoms with Crippen LogP contribution in [0.25, 0.3) is 16.6 Å². The molecular formula is C27H34FN5O5. The van der Waals surface area contributed by atoms with Crippen molar-refractivity contribution in [3.63, 3.8) is 0 Å². The van der Waals surface area contributed by atoms with E-state index in [1.165, 1.54) is 12.1 Å². The minimum Gasteiger partial charge on any atom is -0.444 e.